The largest absolute Gasteiger partial charge is 0.349 e. The zero-order valence-corrected chi connectivity index (χ0v) is 16.0. The first kappa shape index (κ1) is 17.8. The topological polar surface area (TPSA) is 49.4 Å². The summed E-state index contributed by atoms with van der Waals surface area (Å²) in [6.07, 6.45) is 3.41. The van der Waals surface area contributed by atoms with Gasteiger partial charge in [-0.1, -0.05) is 36.4 Å². The van der Waals surface area contributed by atoms with Crippen molar-refractivity contribution in [3.8, 4) is 0 Å². The number of hydrogen-bond donors (Lipinski definition) is 1. The van der Waals surface area contributed by atoms with Gasteiger partial charge < -0.3 is 10.2 Å². The van der Waals surface area contributed by atoms with E-state index in [-0.39, 0.29) is 30.2 Å². The first-order chi connectivity index (χ1) is 13.0. The molecule has 4 heteroatoms. The Bertz CT molecular complexity index is 890. The van der Waals surface area contributed by atoms with Crippen molar-refractivity contribution in [3.63, 3.8) is 0 Å². The van der Waals surface area contributed by atoms with Gasteiger partial charge in [-0.25, -0.2) is 0 Å². The number of rotatable bonds is 3. The van der Waals surface area contributed by atoms with E-state index in [1.165, 1.54) is 11.1 Å². The van der Waals surface area contributed by atoms with E-state index in [1.54, 1.807) is 4.90 Å². The number of carbonyl (C=O) groups excluding carboxylic acids is 2. The minimum atomic E-state index is -0.286. The second-order valence-corrected chi connectivity index (χ2v) is 7.78. The van der Waals surface area contributed by atoms with E-state index in [1.807, 2.05) is 38.1 Å². The number of nitrogens with zero attached hydrogens (tertiary/aromatic N) is 1. The molecule has 1 N–H and O–H groups in total. The lowest BCUT2D eigenvalue weighted by molar-refractivity contribution is -0.127. The molecule has 0 unspecified atom stereocenters. The molecule has 0 spiro atoms. The van der Waals surface area contributed by atoms with Crippen molar-refractivity contribution in [2.45, 2.75) is 45.6 Å². The van der Waals surface area contributed by atoms with Crippen molar-refractivity contribution in [3.05, 3.63) is 64.7 Å². The van der Waals surface area contributed by atoms with Gasteiger partial charge in [-0.15, -0.1) is 0 Å². The third-order valence-electron chi connectivity index (χ3n) is 6.05. The van der Waals surface area contributed by atoms with Gasteiger partial charge in [0, 0.05) is 18.7 Å². The molecule has 140 valence electrons. The number of fused-ring (bicyclic) bond motifs is 1. The molecule has 2 amide bonds. The normalized spacial score (nSPS) is 21.9. The van der Waals surface area contributed by atoms with Crippen LogP contribution in [0.15, 0.2) is 42.5 Å². The van der Waals surface area contributed by atoms with Gasteiger partial charge in [0.1, 0.15) is 0 Å². The Morgan fingerprint density at radius 3 is 2.78 bits per heavy atom. The molecule has 4 rings (SSSR count). The molecule has 1 aliphatic carbocycles. The van der Waals surface area contributed by atoms with Crippen LogP contribution in [0.4, 0.5) is 5.69 Å². The molecule has 2 aliphatic rings. The SMILES string of the molecule is Cc1cccc(N2C[C@@H](C(=O)N[C@@H]3CCCc4ccccc43)CC2=O)c1C. The lowest BCUT2D eigenvalue weighted by atomic mass is 9.87. The average molecular weight is 362 g/mol. The summed E-state index contributed by atoms with van der Waals surface area (Å²) in [7, 11) is 0. The highest BCUT2D eigenvalue weighted by Crippen LogP contribution is 2.32. The average Bonchev–Trinajstić information content (AvgIpc) is 3.06. The number of benzene rings is 2. The van der Waals surface area contributed by atoms with Crippen molar-refractivity contribution in [1.82, 2.24) is 5.32 Å². The molecule has 2 aromatic rings. The molecule has 1 saturated heterocycles. The molecule has 0 aromatic heterocycles. The zero-order chi connectivity index (χ0) is 19.0. The molecule has 1 heterocycles. The molecule has 4 nitrogen and oxygen atoms in total. The molecule has 27 heavy (non-hydrogen) atoms. The van der Waals surface area contributed by atoms with Crippen LogP contribution in [0.1, 0.15) is 47.6 Å². The highest BCUT2D eigenvalue weighted by Gasteiger charge is 2.36. The number of carbonyl (C=O) groups is 2. The molecular formula is C23H26N2O2. The predicted molar refractivity (Wildman–Crippen MR) is 107 cm³/mol. The highest BCUT2D eigenvalue weighted by molar-refractivity contribution is 6.01. The fraction of sp³-hybridized carbons (Fsp3) is 0.391. The van der Waals surface area contributed by atoms with Gasteiger partial charge in [-0.2, -0.15) is 0 Å². The number of hydrogen-bond acceptors (Lipinski definition) is 2. The second kappa shape index (κ2) is 7.18. The Morgan fingerprint density at radius 1 is 1.11 bits per heavy atom. The quantitative estimate of drug-likeness (QED) is 0.902. The van der Waals surface area contributed by atoms with E-state index in [0.717, 1.165) is 36.1 Å². The van der Waals surface area contributed by atoms with Crippen molar-refractivity contribution >= 4 is 17.5 Å². The van der Waals surface area contributed by atoms with Crippen LogP contribution in [0.2, 0.25) is 0 Å². The van der Waals surface area contributed by atoms with Crippen molar-refractivity contribution in [2.75, 3.05) is 11.4 Å². The minimum absolute atomic E-state index is 0.00198. The maximum absolute atomic E-state index is 12.9. The third kappa shape index (κ3) is 3.36. The lowest BCUT2D eigenvalue weighted by Gasteiger charge is -2.27. The molecule has 0 bridgehead atoms. The van der Waals surface area contributed by atoms with Crippen LogP contribution in [-0.2, 0) is 16.0 Å². The Kier molecular flexibility index (Phi) is 4.73. The molecular weight excluding hydrogens is 336 g/mol. The van der Waals surface area contributed by atoms with Crippen molar-refractivity contribution in [1.29, 1.82) is 0 Å². The second-order valence-electron chi connectivity index (χ2n) is 7.78. The summed E-state index contributed by atoms with van der Waals surface area (Å²) in [6.45, 7) is 4.54. The summed E-state index contributed by atoms with van der Waals surface area (Å²) in [5.74, 6) is -0.253. The van der Waals surface area contributed by atoms with E-state index in [4.69, 9.17) is 0 Å². The fourth-order valence-corrected chi connectivity index (χ4v) is 4.34. The van der Waals surface area contributed by atoms with Gasteiger partial charge in [0.25, 0.3) is 0 Å². The van der Waals surface area contributed by atoms with E-state index in [0.29, 0.717) is 6.54 Å². The predicted octanol–water partition coefficient (Wildman–Crippen LogP) is 3.85. The summed E-state index contributed by atoms with van der Waals surface area (Å²) in [4.78, 5) is 27.3. The van der Waals surface area contributed by atoms with Crippen molar-refractivity contribution < 1.29 is 9.59 Å². The maximum Gasteiger partial charge on any atom is 0.227 e. The summed E-state index contributed by atoms with van der Waals surface area (Å²) in [5.41, 5.74) is 5.75. The first-order valence-electron chi connectivity index (χ1n) is 9.79. The standard InChI is InChI=1S/C23H26N2O2/c1-15-7-5-12-21(16(15)2)25-14-18(13-22(25)26)23(27)24-20-11-6-9-17-8-3-4-10-19(17)20/h3-5,7-8,10,12,18,20H,6,9,11,13-14H2,1-2H3,(H,24,27)/t18-,20+/m0/s1. The van der Waals surface area contributed by atoms with Gasteiger partial charge in [0.05, 0.1) is 12.0 Å². The minimum Gasteiger partial charge on any atom is -0.349 e. The van der Waals surface area contributed by atoms with E-state index in [9.17, 15) is 9.59 Å². The van der Waals surface area contributed by atoms with Crippen LogP contribution < -0.4 is 10.2 Å². The van der Waals surface area contributed by atoms with Gasteiger partial charge >= 0.3 is 0 Å². The monoisotopic (exact) mass is 362 g/mol. The fourth-order valence-electron chi connectivity index (χ4n) is 4.34. The summed E-state index contributed by atoms with van der Waals surface area (Å²) >= 11 is 0. The van der Waals surface area contributed by atoms with Gasteiger partial charge in [0.2, 0.25) is 11.8 Å². The van der Waals surface area contributed by atoms with Crippen LogP contribution >= 0.6 is 0 Å². The molecule has 0 saturated carbocycles. The molecule has 1 aliphatic heterocycles. The Labute approximate surface area is 160 Å². The number of nitrogens with one attached hydrogen (secondary N) is 1. The molecule has 2 aromatic carbocycles. The van der Waals surface area contributed by atoms with Crippen LogP contribution in [0.25, 0.3) is 0 Å². The highest BCUT2D eigenvalue weighted by atomic mass is 16.2. The number of aryl methyl sites for hydroxylation is 2. The zero-order valence-electron chi connectivity index (χ0n) is 16.0. The van der Waals surface area contributed by atoms with E-state index < -0.39 is 0 Å². The Morgan fingerprint density at radius 2 is 1.93 bits per heavy atom. The third-order valence-corrected chi connectivity index (χ3v) is 6.05. The molecule has 2 atom stereocenters. The van der Waals surface area contributed by atoms with Crippen LogP contribution in [-0.4, -0.2) is 18.4 Å². The summed E-state index contributed by atoms with van der Waals surface area (Å²) in [6, 6.07) is 14.4. The maximum atomic E-state index is 12.9. The summed E-state index contributed by atoms with van der Waals surface area (Å²) in [5, 5.41) is 3.22. The van der Waals surface area contributed by atoms with Gasteiger partial charge in [-0.05, 0) is 61.4 Å². The van der Waals surface area contributed by atoms with Crippen LogP contribution in [0.3, 0.4) is 0 Å². The lowest BCUT2D eigenvalue weighted by Crippen LogP contribution is -2.37. The number of amides is 2. The first-order valence-corrected chi connectivity index (χ1v) is 9.79. The Balaban J connectivity index is 1.48. The molecule has 1 fully saturated rings. The smallest absolute Gasteiger partial charge is 0.227 e. The molecule has 0 radical (unpaired) electrons. The Hall–Kier alpha value is -2.62. The van der Waals surface area contributed by atoms with Gasteiger partial charge in [0.15, 0.2) is 0 Å². The van der Waals surface area contributed by atoms with Crippen LogP contribution in [0.5, 0.6) is 0 Å². The van der Waals surface area contributed by atoms with E-state index in [2.05, 4.69) is 23.5 Å². The van der Waals surface area contributed by atoms with Crippen molar-refractivity contribution in [2.24, 2.45) is 5.92 Å². The summed E-state index contributed by atoms with van der Waals surface area (Å²) < 4.78 is 0. The van der Waals surface area contributed by atoms with Gasteiger partial charge in [-0.3, -0.25) is 9.59 Å². The van der Waals surface area contributed by atoms with Crippen LogP contribution in [0, 0.1) is 19.8 Å². The number of anilines is 1. The van der Waals surface area contributed by atoms with E-state index >= 15 is 0 Å².